The third kappa shape index (κ3) is 3.31. The second kappa shape index (κ2) is 6.32. The summed E-state index contributed by atoms with van der Waals surface area (Å²) in [6.07, 6.45) is 0. The van der Waals surface area contributed by atoms with E-state index < -0.39 is 11.9 Å². The monoisotopic (exact) mass is 303 g/mol. The normalized spacial score (nSPS) is 9.53. The van der Waals surface area contributed by atoms with Gasteiger partial charge in [0, 0.05) is 22.6 Å². The topological polar surface area (TPSA) is 43.4 Å². The van der Waals surface area contributed by atoms with Crippen LogP contribution in [0, 0.1) is 0 Å². The van der Waals surface area contributed by atoms with Gasteiger partial charge >= 0.3 is 11.9 Å². The van der Waals surface area contributed by atoms with Gasteiger partial charge in [0.25, 0.3) is 0 Å². The van der Waals surface area contributed by atoms with Gasteiger partial charge in [-0.2, -0.15) is 0 Å². The third-order valence-electron chi connectivity index (χ3n) is 2.54. The summed E-state index contributed by atoms with van der Waals surface area (Å²) in [5.74, 6) is -1.35. The molecule has 2 rings (SSSR count). The van der Waals surface area contributed by atoms with Crippen molar-refractivity contribution in [3.63, 3.8) is 0 Å². The first-order valence-electron chi connectivity index (χ1n) is 5.49. The van der Waals surface area contributed by atoms with Crippen molar-refractivity contribution >= 4 is 22.7 Å². The summed E-state index contributed by atoms with van der Waals surface area (Å²) in [5, 5.41) is 1.69. The molecule has 0 N–H and O–H groups in total. The summed E-state index contributed by atoms with van der Waals surface area (Å²) in [5.41, 5.74) is 0.575. The minimum Gasteiger partial charge on any atom is -0.386 e. The molecule has 1 radical (unpaired) electrons. The largest absolute Gasteiger partial charge is 0.386 e. The van der Waals surface area contributed by atoms with Crippen LogP contribution >= 0.6 is 0 Å². The molecule has 4 heteroatoms. The zero-order valence-electron chi connectivity index (χ0n) is 10.3. The van der Waals surface area contributed by atoms with Crippen LogP contribution in [0.1, 0.15) is 17.3 Å². The Balaban J connectivity index is 0.00000180. The molecule has 0 unspecified atom stereocenters. The van der Waals surface area contributed by atoms with Crippen molar-refractivity contribution in [2.45, 2.75) is 6.92 Å². The van der Waals surface area contributed by atoms with Crippen LogP contribution in [-0.2, 0) is 26.6 Å². The van der Waals surface area contributed by atoms with Crippen molar-refractivity contribution in [1.82, 2.24) is 0 Å². The van der Waals surface area contributed by atoms with E-state index in [1.165, 1.54) is 6.92 Å². The second-order valence-electron chi connectivity index (χ2n) is 3.98. The molecule has 0 spiro atoms. The van der Waals surface area contributed by atoms with Gasteiger partial charge in [-0.05, 0) is 23.8 Å². The fourth-order valence-corrected chi connectivity index (χ4v) is 1.63. The Kier molecular flexibility index (Phi) is 5.04. The average molecular weight is 304 g/mol. The molecule has 0 fully saturated rings. The molecule has 0 aliphatic heterocycles. The van der Waals surface area contributed by atoms with E-state index in [1.807, 2.05) is 30.3 Å². The van der Waals surface area contributed by atoms with Gasteiger partial charge in [-0.3, -0.25) is 0 Å². The van der Waals surface area contributed by atoms with Crippen LogP contribution < -0.4 is 0 Å². The maximum Gasteiger partial charge on any atom is 0.346 e. The Bertz CT molecular complexity index is 641. The zero-order valence-corrected chi connectivity index (χ0v) is 11.2. The Labute approximate surface area is 121 Å². The first-order chi connectivity index (χ1) is 8.59. The van der Waals surface area contributed by atoms with E-state index in [0.717, 1.165) is 10.8 Å². The third-order valence-corrected chi connectivity index (χ3v) is 2.54. The number of hydrogen-bond acceptors (Lipinski definition) is 3. The van der Waals surface area contributed by atoms with E-state index in [9.17, 15) is 9.59 Å². The van der Waals surface area contributed by atoms with E-state index in [-0.39, 0.29) is 22.6 Å². The molecule has 0 saturated carbocycles. The van der Waals surface area contributed by atoms with Gasteiger partial charge < -0.3 is 4.74 Å². The van der Waals surface area contributed by atoms with Crippen molar-refractivity contribution in [3.8, 4) is 0 Å². The number of rotatable bonds is 2. The molecular formula is C15H12CuO3. The molecule has 101 valence electrons. The van der Waals surface area contributed by atoms with Crippen molar-refractivity contribution in [2.24, 2.45) is 0 Å². The van der Waals surface area contributed by atoms with Crippen molar-refractivity contribution < 1.29 is 31.4 Å². The summed E-state index contributed by atoms with van der Waals surface area (Å²) in [6, 6.07) is 12.7. The Hall–Kier alpha value is -1.90. The van der Waals surface area contributed by atoms with Crippen LogP contribution in [0.5, 0.6) is 0 Å². The molecule has 2 aromatic carbocycles. The molecule has 2 aromatic rings. The summed E-state index contributed by atoms with van der Waals surface area (Å²) in [4.78, 5) is 23.2. The summed E-state index contributed by atoms with van der Waals surface area (Å²) in [6.45, 7) is 4.94. The number of esters is 2. The molecule has 0 heterocycles. The van der Waals surface area contributed by atoms with Crippen molar-refractivity contribution in [3.05, 3.63) is 60.2 Å². The number of fused-ring (bicyclic) bond motifs is 1. The quantitative estimate of drug-likeness (QED) is 0.370. The maximum absolute atomic E-state index is 11.9. The van der Waals surface area contributed by atoms with E-state index in [1.54, 1.807) is 12.1 Å². The molecular weight excluding hydrogens is 292 g/mol. The molecule has 0 aliphatic rings. The molecule has 0 aromatic heterocycles. The number of hydrogen-bond donors (Lipinski definition) is 0. The van der Waals surface area contributed by atoms with Gasteiger partial charge in [0.2, 0.25) is 0 Å². The first kappa shape index (κ1) is 15.2. The molecule has 0 atom stereocenters. The van der Waals surface area contributed by atoms with Crippen LogP contribution in [0.25, 0.3) is 10.8 Å². The molecule has 0 aliphatic carbocycles. The van der Waals surface area contributed by atoms with Crippen LogP contribution in [-0.4, -0.2) is 11.9 Å². The van der Waals surface area contributed by atoms with Gasteiger partial charge in [0.1, 0.15) is 0 Å². The van der Waals surface area contributed by atoms with Gasteiger partial charge in [0.05, 0.1) is 5.56 Å². The summed E-state index contributed by atoms with van der Waals surface area (Å²) >= 11 is 0. The summed E-state index contributed by atoms with van der Waals surface area (Å²) in [7, 11) is 0. The fraction of sp³-hybridized carbons (Fsp3) is 0.0667. The predicted octanol–water partition coefficient (Wildman–Crippen LogP) is 3.10. The molecule has 0 saturated heterocycles. The molecule has 19 heavy (non-hydrogen) atoms. The van der Waals surface area contributed by atoms with E-state index >= 15 is 0 Å². The summed E-state index contributed by atoms with van der Waals surface area (Å²) < 4.78 is 4.73. The zero-order chi connectivity index (χ0) is 13.1. The van der Waals surface area contributed by atoms with Gasteiger partial charge in [-0.25, -0.2) is 9.59 Å². The predicted molar refractivity (Wildman–Crippen MR) is 69.2 cm³/mol. The minimum absolute atomic E-state index is 0. The average Bonchev–Trinajstić information content (AvgIpc) is 2.37. The van der Waals surface area contributed by atoms with Gasteiger partial charge in [0.15, 0.2) is 0 Å². The van der Waals surface area contributed by atoms with E-state index in [0.29, 0.717) is 5.56 Å². The van der Waals surface area contributed by atoms with Crippen LogP contribution in [0.15, 0.2) is 54.6 Å². The SMILES string of the molecule is C=C(C)C(=O)OC(=O)c1cccc2ccccc12.[Cu]. The molecule has 0 amide bonds. The molecule has 0 bridgehead atoms. The number of carbonyl (C=O) groups is 2. The van der Waals surface area contributed by atoms with E-state index in [4.69, 9.17) is 4.74 Å². The smallest absolute Gasteiger partial charge is 0.346 e. The number of ether oxygens (including phenoxy) is 1. The minimum atomic E-state index is -0.701. The van der Waals surface area contributed by atoms with Gasteiger partial charge in [-0.15, -0.1) is 0 Å². The fourth-order valence-electron chi connectivity index (χ4n) is 1.63. The van der Waals surface area contributed by atoms with E-state index in [2.05, 4.69) is 6.58 Å². The maximum atomic E-state index is 11.9. The number of benzene rings is 2. The van der Waals surface area contributed by atoms with Crippen LogP contribution in [0.3, 0.4) is 0 Å². The van der Waals surface area contributed by atoms with Crippen LogP contribution in [0.4, 0.5) is 0 Å². The Morgan fingerprint density at radius 1 is 1.05 bits per heavy atom. The first-order valence-corrected chi connectivity index (χ1v) is 5.49. The number of carbonyl (C=O) groups excluding carboxylic acids is 2. The standard InChI is InChI=1S/C15H12O3.Cu/c1-10(2)14(16)18-15(17)13-9-5-7-11-6-3-4-8-12(11)13;/h3-9H,1H2,2H3;. The second-order valence-corrected chi connectivity index (χ2v) is 3.98. The Morgan fingerprint density at radius 2 is 1.68 bits per heavy atom. The van der Waals surface area contributed by atoms with Crippen molar-refractivity contribution in [2.75, 3.05) is 0 Å². The molecule has 3 nitrogen and oxygen atoms in total. The Morgan fingerprint density at radius 3 is 2.37 bits per heavy atom. The van der Waals surface area contributed by atoms with Gasteiger partial charge in [-0.1, -0.05) is 43.0 Å². The van der Waals surface area contributed by atoms with Crippen LogP contribution in [0.2, 0.25) is 0 Å². The van der Waals surface area contributed by atoms with Crippen molar-refractivity contribution in [1.29, 1.82) is 0 Å².